The summed E-state index contributed by atoms with van der Waals surface area (Å²) in [6.45, 7) is 6.30. The molecule has 0 fully saturated rings. The van der Waals surface area contributed by atoms with Crippen molar-refractivity contribution in [2.24, 2.45) is 5.92 Å². The number of amides is 2. The molecule has 0 radical (unpaired) electrons. The van der Waals surface area contributed by atoms with Crippen molar-refractivity contribution in [1.82, 2.24) is 5.32 Å². The second kappa shape index (κ2) is 9.62. The molecule has 2 aromatic rings. The highest BCUT2D eigenvalue weighted by atomic mass is 16.5. The van der Waals surface area contributed by atoms with E-state index in [1.807, 2.05) is 32.9 Å². The molecule has 0 spiro atoms. The largest absolute Gasteiger partial charge is 0.495 e. The number of hydrogen-bond acceptors (Lipinski definition) is 4. The molecule has 0 saturated heterocycles. The van der Waals surface area contributed by atoms with Gasteiger partial charge in [-0.15, -0.1) is 0 Å². The molecular formula is C21H26N2O4. The Morgan fingerprint density at radius 2 is 1.81 bits per heavy atom. The summed E-state index contributed by atoms with van der Waals surface area (Å²) in [6.07, 6.45) is 0. The fourth-order valence-electron chi connectivity index (χ4n) is 2.42. The summed E-state index contributed by atoms with van der Waals surface area (Å²) in [5.41, 5.74) is 1.92. The highest BCUT2D eigenvalue weighted by molar-refractivity contribution is 5.97. The first kappa shape index (κ1) is 20.3. The molecule has 2 N–H and O–H groups in total. The molecule has 2 aromatic carbocycles. The quantitative estimate of drug-likeness (QED) is 0.747. The highest BCUT2D eigenvalue weighted by Gasteiger charge is 2.15. The maximum Gasteiger partial charge on any atom is 0.262 e. The van der Waals surface area contributed by atoms with E-state index in [1.165, 1.54) is 7.11 Å². The minimum absolute atomic E-state index is 0.215. The molecule has 0 saturated carbocycles. The lowest BCUT2D eigenvalue weighted by atomic mass is 10.1. The number of nitrogens with one attached hydrogen (secondary N) is 2. The van der Waals surface area contributed by atoms with Crippen LogP contribution in [0, 0.1) is 12.8 Å². The SMILES string of the molecule is COc1ccccc1NC(=O)COc1ccc(C)cc1C(=O)NCC(C)C. The Hall–Kier alpha value is -3.02. The Balaban J connectivity index is 2.04. The van der Waals surface area contributed by atoms with E-state index in [2.05, 4.69) is 10.6 Å². The van der Waals surface area contributed by atoms with Crippen LogP contribution in [-0.2, 0) is 4.79 Å². The van der Waals surface area contributed by atoms with E-state index in [-0.39, 0.29) is 18.4 Å². The van der Waals surface area contributed by atoms with E-state index in [1.54, 1.807) is 30.3 Å². The van der Waals surface area contributed by atoms with Gasteiger partial charge in [0, 0.05) is 6.54 Å². The molecule has 0 atom stereocenters. The van der Waals surface area contributed by atoms with Crippen molar-refractivity contribution in [3.63, 3.8) is 0 Å². The summed E-state index contributed by atoms with van der Waals surface area (Å²) < 4.78 is 10.8. The monoisotopic (exact) mass is 370 g/mol. The van der Waals surface area contributed by atoms with E-state index < -0.39 is 0 Å². The zero-order valence-electron chi connectivity index (χ0n) is 16.2. The first-order valence-corrected chi connectivity index (χ1v) is 8.85. The first-order valence-electron chi connectivity index (χ1n) is 8.85. The summed E-state index contributed by atoms with van der Waals surface area (Å²) in [6, 6.07) is 12.4. The van der Waals surface area contributed by atoms with Crippen LogP contribution in [0.3, 0.4) is 0 Å². The Morgan fingerprint density at radius 3 is 2.52 bits per heavy atom. The molecule has 0 aromatic heterocycles. The second-order valence-electron chi connectivity index (χ2n) is 6.64. The number of methoxy groups -OCH3 is 1. The number of carbonyl (C=O) groups excluding carboxylic acids is 2. The van der Waals surface area contributed by atoms with Crippen LogP contribution in [0.2, 0.25) is 0 Å². The van der Waals surface area contributed by atoms with Crippen LogP contribution in [0.5, 0.6) is 11.5 Å². The molecule has 6 heteroatoms. The minimum atomic E-state index is -0.339. The van der Waals surface area contributed by atoms with Gasteiger partial charge >= 0.3 is 0 Å². The number of aryl methyl sites for hydroxylation is 1. The van der Waals surface area contributed by atoms with E-state index in [0.29, 0.717) is 35.2 Å². The lowest BCUT2D eigenvalue weighted by Gasteiger charge is -2.14. The standard InChI is InChI=1S/C21H26N2O4/c1-14(2)12-22-21(25)16-11-15(3)9-10-18(16)27-13-20(24)23-17-7-5-6-8-19(17)26-4/h5-11,14H,12-13H2,1-4H3,(H,22,25)(H,23,24). The summed E-state index contributed by atoms with van der Waals surface area (Å²) in [5, 5.41) is 5.61. The van der Waals surface area contributed by atoms with Crippen LogP contribution in [0.15, 0.2) is 42.5 Å². The number of para-hydroxylation sites is 2. The van der Waals surface area contributed by atoms with Crippen LogP contribution in [0.25, 0.3) is 0 Å². The van der Waals surface area contributed by atoms with E-state index in [9.17, 15) is 9.59 Å². The van der Waals surface area contributed by atoms with Crippen molar-refractivity contribution in [3.8, 4) is 11.5 Å². The predicted octanol–water partition coefficient (Wildman–Crippen LogP) is 3.41. The van der Waals surface area contributed by atoms with Gasteiger partial charge in [-0.3, -0.25) is 9.59 Å². The number of carbonyl (C=O) groups is 2. The summed E-state index contributed by atoms with van der Waals surface area (Å²) in [4.78, 5) is 24.7. The normalized spacial score (nSPS) is 10.4. The summed E-state index contributed by atoms with van der Waals surface area (Å²) >= 11 is 0. The zero-order chi connectivity index (χ0) is 19.8. The lowest BCUT2D eigenvalue weighted by Crippen LogP contribution is -2.28. The van der Waals surface area contributed by atoms with Gasteiger partial charge < -0.3 is 20.1 Å². The van der Waals surface area contributed by atoms with Crippen molar-refractivity contribution in [2.75, 3.05) is 25.6 Å². The smallest absolute Gasteiger partial charge is 0.262 e. The van der Waals surface area contributed by atoms with Gasteiger partial charge in [-0.2, -0.15) is 0 Å². The van der Waals surface area contributed by atoms with Crippen molar-refractivity contribution < 1.29 is 19.1 Å². The Kier molecular flexibility index (Phi) is 7.23. The maximum atomic E-state index is 12.4. The average molecular weight is 370 g/mol. The fraction of sp³-hybridized carbons (Fsp3) is 0.333. The van der Waals surface area contributed by atoms with E-state index in [0.717, 1.165) is 5.56 Å². The van der Waals surface area contributed by atoms with Crippen molar-refractivity contribution >= 4 is 17.5 Å². The molecule has 2 rings (SSSR count). The maximum absolute atomic E-state index is 12.4. The third kappa shape index (κ3) is 6.02. The van der Waals surface area contributed by atoms with Gasteiger partial charge in [0.15, 0.2) is 6.61 Å². The van der Waals surface area contributed by atoms with Crippen LogP contribution >= 0.6 is 0 Å². The molecule has 0 heterocycles. The topological polar surface area (TPSA) is 76.7 Å². The molecular weight excluding hydrogens is 344 g/mol. The third-order valence-corrected chi connectivity index (χ3v) is 3.79. The van der Waals surface area contributed by atoms with Crippen LogP contribution in [0.4, 0.5) is 5.69 Å². The van der Waals surface area contributed by atoms with Gasteiger partial charge in [0.2, 0.25) is 0 Å². The second-order valence-corrected chi connectivity index (χ2v) is 6.64. The van der Waals surface area contributed by atoms with Gasteiger partial charge in [-0.1, -0.05) is 37.6 Å². The molecule has 0 aliphatic carbocycles. The molecule has 0 bridgehead atoms. The van der Waals surface area contributed by atoms with Gasteiger partial charge in [-0.25, -0.2) is 0 Å². The zero-order valence-corrected chi connectivity index (χ0v) is 16.2. The predicted molar refractivity (Wildman–Crippen MR) is 105 cm³/mol. The molecule has 6 nitrogen and oxygen atoms in total. The van der Waals surface area contributed by atoms with E-state index in [4.69, 9.17) is 9.47 Å². The molecule has 0 unspecified atom stereocenters. The average Bonchev–Trinajstić information content (AvgIpc) is 2.65. The third-order valence-electron chi connectivity index (χ3n) is 3.79. The van der Waals surface area contributed by atoms with Gasteiger partial charge in [-0.05, 0) is 37.1 Å². The number of rotatable bonds is 8. The highest BCUT2D eigenvalue weighted by Crippen LogP contribution is 2.23. The Morgan fingerprint density at radius 1 is 1.07 bits per heavy atom. The van der Waals surface area contributed by atoms with E-state index >= 15 is 0 Å². The van der Waals surface area contributed by atoms with Gasteiger partial charge in [0.05, 0.1) is 18.4 Å². The molecule has 2 amide bonds. The van der Waals surface area contributed by atoms with Crippen LogP contribution < -0.4 is 20.1 Å². The number of hydrogen-bond donors (Lipinski definition) is 2. The van der Waals surface area contributed by atoms with Gasteiger partial charge in [0.25, 0.3) is 11.8 Å². The first-order chi connectivity index (χ1) is 12.9. The number of ether oxygens (including phenoxy) is 2. The molecule has 144 valence electrons. The molecule has 27 heavy (non-hydrogen) atoms. The minimum Gasteiger partial charge on any atom is -0.495 e. The number of benzene rings is 2. The van der Waals surface area contributed by atoms with Crippen LogP contribution in [0.1, 0.15) is 29.8 Å². The molecule has 0 aliphatic heterocycles. The number of anilines is 1. The van der Waals surface area contributed by atoms with Crippen molar-refractivity contribution in [1.29, 1.82) is 0 Å². The van der Waals surface area contributed by atoms with Crippen molar-refractivity contribution in [2.45, 2.75) is 20.8 Å². The lowest BCUT2D eigenvalue weighted by molar-refractivity contribution is -0.118. The summed E-state index contributed by atoms with van der Waals surface area (Å²) in [7, 11) is 1.54. The van der Waals surface area contributed by atoms with Crippen LogP contribution in [-0.4, -0.2) is 32.1 Å². The van der Waals surface area contributed by atoms with Gasteiger partial charge in [0.1, 0.15) is 11.5 Å². The van der Waals surface area contributed by atoms with Crippen molar-refractivity contribution in [3.05, 3.63) is 53.6 Å². The Labute approximate surface area is 159 Å². The summed E-state index contributed by atoms with van der Waals surface area (Å²) in [5.74, 6) is 0.725. The Bertz CT molecular complexity index is 803. The molecule has 0 aliphatic rings. The fourth-order valence-corrected chi connectivity index (χ4v) is 2.42.